The van der Waals surface area contributed by atoms with Gasteiger partial charge in [0.1, 0.15) is 6.33 Å². The Morgan fingerprint density at radius 1 is 0.902 bits per heavy atom. The van der Waals surface area contributed by atoms with Crippen LogP contribution in [0.4, 0.5) is 0 Å². The standard InChI is InChI=1S/C32H27N7O2/c1-20-14-16-23(17-15-20)21(2)37-40-18-26-34-30-29-28(24-10-6-4-7-11-24)27-22(3)35-39(25-12-8-5-9-13-25)32(27)41-31(29)33-19-38(30)36-26/h4-17,19,28H,18H2,1-3H3/b37-21+. The van der Waals surface area contributed by atoms with Crippen molar-refractivity contribution in [2.45, 2.75) is 33.3 Å². The molecule has 7 rings (SSSR count). The summed E-state index contributed by atoms with van der Waals surface area (Å²) in [6.07, 6.45) is 1.62. The van der Waals surface area contributed by atoms with Crippen LogP contribution in [0, 0.1) is 13.8 Å². The number of aryl methyl sites for hydroxylation is 2. The van der Waals surface area contributed by atoms with Crippen molar-refractivity contribution in [3.05, 3.63) is 131 Å². The van der Waals surface area contributed by atoms with Crippen molar-refractivity contribution in [2.24, 2.45) is 5.16 Å². The molecule has 0 aliphatic carbocycles. The Morgan fingerprint density at radius 3 is 2.39 bits per heavy atom. The SMILES string of the molecule is C/C(=N\OCc1nc2c3c(ncn2n1)Oc1c(c(C)nn1-c1ccccc1)C3c1ccccc1)c1ccc(C)cc1. The number of oxime groups is 1. The number of fused-ring (bicyclic) bond motifs is 4. The first-order valence-corrected chi connectivity index (χ1v) is 13.4. The molecule has 3 aromatic carbocycles. The lowest BCUT2D eigenvalue weighted by atomic mass is 9.84. The Kier molecular flexibility index (Phi) is 6.04. The van der Waals surface area contributed by atoms with Crippen LogP contribution < -0.4 is 4.74 Å². The monoisotopic (exact) mass is 541 g/mol. The van der Waals surface area contributed by atoms with Crippen molar-refractivity contribution in [3.8, 4) is 17.4 Å². The summed E-state index contributed by atoms with van der Waals surface area (Å²) in [6, 6.07) is 28.4. The smallest absolute Gasteiger partial charge is 0.230 e. The van der Waals surface area contributed by atoms with E-state index in [1.807, 2.05) is 79.2 Å². The van der Waals surface area contributed by atoms with E-state index in [2.05, 4.69) is 46.4 Å². The van der Waals surface area contributed by atoms with E-state index < -0.39 is 0 Å². The van der Waals surface area contributed by atoms with Gasteiger partial charge in [-0.3, -0.25) is 0 Å². The summed E-state index contributed by atoms with van der Waals surface area (Å²) < 4.78 is 9.99. The molecule has 202 valence electrons. The molecule has 0 saturated carbocycles. The highest BCUT2D eigenvalue weighted by Crippen LogP contribution is 2.49. The van der Waals surface area contributed by atoms with E-state index in [0.717, 1.165) is 39.3 Å². The average Bonchev–Trinajstić information content (AvgIpc) is 3.57. The zero-order valence-corrected chi connectivity index (χ0v) is 22.9. The summed E-state index contributed by atoms with van der Waals surface area (Å²) in [6.45, 7) is 6.10. The molecule has 0 amide bonds. The fraction of sp³-hybridized carbons (Fsp3) is 0.156. The largest absolute Gasteiger partial charge is 0.420 e. The fourth-order valence-electron chi connectivity index (χ4n) is 5.24. The summed E-state index contributed by atoms with van der Waals surface area (Å²) in [7, 11) is 0. The van der Waals surface area contributed by atoms with Crippen molar-refractivity contribution in [2.75, 3.05) is 0 Å². The number of benzene rings is 3. The number of hydrogen-bond acceptors (Lipinski definition) is 7. The van der Waals surface area contributed by atoms with Crippen LogP contribution in [0.5, 0.6) is 11.8 Å². The van der Waals surface area contributed by atoms with Crippen LogP contribution in [0.25, 0.3) is 11.3 Å². The Bertz CT molecular complexity index is 1890. The minimum Gasteiger partial charge on any atom is -0.420 e. The summed E-state index contributed by atoms with van der Waals surface area (Å²) in [5.41, 5.74) is 8.31. The highest BCUT2D eigenvalue weighted by molar-refractivity contribution is 5.98. The van der Waals surface area contributed by atoms with Crippen molar-refractivity contribution in [3.63, 3.8) is 0 Å². The Morgan fingerprint density at radius 2 is 1.63 bits per heavy atom. The molecule has 1 aliphatic rings. The van der Waals surface area contributed by atoms with E-state index in [0.29, 0.717) is 23.2 Å². The first-order chi connectivity index (χ1) is 20.1. The fourth-order valence-corrected chi connectivity index (χ4v) is 5.24. The maximum atomic E-state index is 6.48. The van der Waals surface area contributed by atoms with Gasteiger partial charge in [0.2, 0.25) is 11.8 Å². The van der Waals surface area contributed by atoms with E-state index in [1.54, 1.807) is 10.8 Å². The van der Waals surface area contributed by atoms with Gasteiger partial charge in [-0.2, -0.15) is 5.10 Å². The Balaban J connectivity index is 1.29. The van der Waals surface area contributed by atoms with Gasteiger partial charge in [0, 0.05) is 0 Å². The minimum absolute atomic E-state index is 0.118. The quantitative estimate of drug-likeness (QED) is 0.185. The second-order valence-electron chi connectivity index (χ2n) is 10.1. The van der Waals surface area contributed by atoms with Gasteiger partial charge < -0.3 is 9.57 Å². The number of hydrogen-bond donors (Lipinski definition) is 0. The molecule has 9 nitrogen and oxygen atoms in total. The molecule has 4 heterocycles. The van der Waals surface area contributed by atoms with Crippen LogP contribution in [0.3, 0.4) is 0 Å². The van der Waals surface area contributed by atoms with Crippen molar-refractivity contribution < 1.29 is 9.57 Å². The highest BCUT2D eigenvalue weighted by Gasteiger charge is 2.38. The van der Waals surface area contributed by atoms with Crippen LogP contribution in [0.2, 0.25) is 0 Å². The molecule has 0 saturated heterocycles. The normalized spacial score (nSPS) is 14.4. The molecule has 0 radical (unpaired) electrons. The molecule has 41 heavy (non-hydrogen) atoms. The van der Waals surface area contributed by atoms with Crippen molar-refractivity contribution >= 4 is 11.4 Å². The topological polar surface area (TPSA) is 91.7 Å². The minimum atomic E-state index is -0.205. The highest BCUT2D eigenvalue weighted by atomic mass is 16.6. The molecule has 0 spiro atoms. The van der Waals surface area contributed by atoms with Crippen LogP contribution in [-0.2, 0) is 11.4 Å². The lowest BCUT2D eigenvalue weighted by Gasteiger charge is -2.26. The van der Waals surface area contributed by atoms with Crippen LogP contribution in [0.15, 0.2) is 96.4 Å². The van der Waals surface area contributed by atoms with Gasteiger partial charge in [-0.25, -0.2) is 19.2 Å². The predicted octanol–water partition coefficient (Wildman–Crippen LogP) is 6.15. The first kappa shape index (κ1) is 24.7. The number of ether oxygens (including phenoxy) is 1. The summed E-state index contributed by atoms with van der Waals surface area (Å²) in [5.74, 6) is 1.42. The summed E-state index contributed by atoms with van der Waals surface area (Å²) in [4.78, 5) is 15.2. The van der Waals surface area contributed by atoms with Gasteiger partial charge in [0.05, 0.1) is 34.1 Å². The Labute approximate surface area is 236 Å². The molecule has 0 N–H and O–H groups in total. The number of rotatable bonds is 6. The average molecular weight is 542 g/mol. The molecule has 0 fully saturated rings. The predicted molar refractivity (Wildman–Crippen MR) is 155 cm³/mol. The first-order valence-electron chi connectivity index (χ1n) is 13.4. The zero-order chi connectivity index (χ0) is 27.9. The van der Waals surface area contributed by atoms with Crippen LogP contribution >= 0.6 is 0 Å². The number of para-hydroxylation sites is 1. The van der Waals surface area contributed by atoms with Crippen molar-refractivity contribution in [1.82, 2.24) is 29.4 Å². The molecule has 0 bridgehead atoms. The summed E-state index contributed by atoms with van der Waals surface area (Å²) >= 11 is 0. The van der Waals surface area contributed by atoms with E-state index >= 15 is 0 Å². The third-order valence-electron chi connectivity index (χ3n) is 7.26. The maximum Gasteiger partial charge on any atom is 0.230 e. The molecule has 1 atom stereocenters. The molecule has 1 unspecified atom stereocenters. The summed E-state index contributed by atoms with van der Waals surface area (Å²) in [5, 5.41) is 13.8. The third kappa shape index (κ3) is 4.41. The van der Waals surface area contributed by atoms with Gasteiger partial charge in [-0.15, -0.1) is 5.10 Å². The Hall–Kier alpha value is -5.31. The van der Waals surface area contributed by atoms with Crippen LogP contribution in [0.1, 0.15) is 52.2 Å². The molecule has 1 aliphatic heterocycles. The second-order valence-corrected chi connectivity index (χ2v) is 10.1. The lowest BCUT2D eigenvalue weighted by Crippen LogP contribution is -2.16. The molecule has 3 aromatic heterocycles. The van der Waals surface area contributed by atoms with E-state index in [9.17, 15) is 0 Å². The molecule has 9 heteroatoms. The van der Waals surface area contributed by atoms with E-state index in [4.69, 9.17) is 19.7 Å². The molecular formula is C32H27N7O2. The van der Waals surface area contributed by atoms with E-state index in [1.165, 1.54) is 5.56 Å². The van der Waals surface area contributed by atoms with Gasteiger partial charge in [-0.1, -0.05) is 83.5 Å². The van der Waals surface area contributed by atoms with Gasteiger partial charge in [-0.05, 0) is 44.0 Å². The van der Waals surface area contributed by atoms with Crippen LogP contribution in [-0.4, -0.2) is 35.1 Å². The van der Waals surface area contributed by atoms with Crippen molar-refractivity contribution in [1.29, 1.82) is 0 Å². The molecule has 6 aromatic rings. The number of nitrogens with zero attached hydrogens (tertiary/aromatic N) is 7. The second kappa shape index (κ2) is 10.0. The zero-order valence-electron chi connectivity index (χ0n) is 22.9. The maximum absolute atomic E-state index is 6.48. The van der Waals surface area contributed by atoms with Gasteiger partial charge in [0.15, 0.2) is 18.1 Å². The lowest BCUT2D eigenvalue weighted by molar-refractivity contribution is 0.125. The third-order valence-corrected chi connectivity index (χ3v) is 7.26. The van der Waals surface area contributed by atoms with E-state index in [-0.39, 0.29) is 12.5 Å². The van der Waals surface area contributed by atoms with Gasteiger partial charge >= 0.3 is 0 Å². The number of aromatic nitrogens is 6. The van der Waals surface area contributed by atoms with Gasteiger partial charge in [0.25, 0.3) is 0 Å². The molecular weight excluding hydrogens is 514 g/mol.